The molecule has 2 N–H and O–H groups in total. The number of carbonyl (C=O) groups is 1. The van der Waals surface area contributed by atoms with E-state index in [9.17, 15) is 4.79 Å². The second-order valence-corrected chi connectivity index (χ2v) is 7.38. The number of nitrogens with two attached hydrogens (primary N) is 1. The summed E-state index contributed by atoms with van der Waals surface area (Å²) in [5.41, 5.74) is 5.61. The lowest BCUT2D eigenvalue weighted by Crippen LogP contribution is -2.39. The second kappa shape index (κ2) is 6.24. The minimum absolute atomic E-state index is 0.0304. The van der Waals surface area contributed by atoms with Gasteiger partial charge in [-0.2, -0.15) is 0 Å². The number of aryl methyl sites for hydroxylation is 1. The van der Waals surface area contributed by atoms with Crippen LogP contribution in [-0.2, 0) is 0 Å². The zero-order valence-electron chi connectivity index (χ0n) is 12.0. The number of halogens is 1. The lowest BCUT2D eigenvalue weighted by Gasteiger charge is -2.28. The van der Waals surface area contributed by atoms with Crippen molar-refractivity contribution in [3.8, 4) is 5.75 Å². The molecular formula is C13H21BrN2O2S. The van der Waals surface area contributed by atoms with E-state index in [1.165, 1.54) is 11.3 Å². The first kappa shape index (κ1) is 16.5. The average molecular weight is 349 g/mol. The third-order valence-corrected chi connectivity index (χ3v) is 5.22. The number of thiophene rings is 1. The van der Waals surface area contributed by atoms with Gasteiger partial charge < -0.3 is 15.4 Å². The van der Waals surface area contributed by atoms with Crippen LogP contribution in [0.15, 0.2) is 4.47 Å². The van der Waals surface area contributed by atoms with E-state index >= 15 is 0 Å². The lowest BCUT2D eigenvalue weighted by atomic mass is 9.93. The topological polar surface area (TPSA) is 55.6 Å². The monoisotopic (exact) mass is 348 g/mol. The molecule has 0 bridgehead atoms. The van der Waals surface area contributed by atoms with Crippen LogP contribution in [0.4, 0.5) is 0 Å². The van der Waals surface area contributed by atoms with Crippen LogP contribution in [-0.4, -0.2) is 38.1 Å². The molecule has 0 aliphatic carbocycles. The van der Waals surface area contributed by atoms with Gasteiger partial charge in [0.15, 0.2) is 5.75 Å². The predicted octanol–water partition coefficient (Wildman–Crippen LogP) is 2.88. The molecule has 0 radical (unpaired) electrons. The predicted molar refractivity (Wildman–Crippen MR) is 83.1 cm³/mol. The first-order valence-electron chi connectivity index (χ1n) is 6.02. The van der Waals surface area contributed by atoms with Crippen molar-refractivity contribution in [2.24, 2.45) is 11.1 Å². The highest BCUT2D eigenvalue weighted by Crippen LogP contribution is 2.39. The van der Waals surface area contributed by atoms with Gasteiger partial charge in [0.1, 0.15) is 4.88 Å². The second-order valence-electron chi connectivity index (χ2n) is 5.36. The van der Waals surface area contributed by atoms with E-state index in [-0.39, 0.29) is 11.3 Å². The summed E-state index contributed by atoms with van der Waals surface area (Å²) in [4.78, 5) is 15.8. The summed E-state index contributed by atoms with van der Waals surface area (Å²) < 4.78 is 6.17. The van der Waals surface area contributed by atoms with Crippen molar-refractivity contribution >= 4 is 33.2 Å². The highest BCUT2D eigenvalue weighted by molar-refractivity contribution is 9.10. The van der Waals surface area contributed by atoms with Crippen molar-refractivity contribution in [3.05, 3.63) is 14.2 Å². The van der Waals surface area contributed by atoms with Gasteiger partial charge in [-0.3, -0.25) is 4.79 Å². The van der Waals surface area contributed by atoms with Crippen LogP contribution in [0.1, 0.15) is 28.4 Å². The van der Waals surface area contributed by atoms with Gasteiger partial charge >= 0.3 is 0 Å². The Hall–Kier alpha value is -0.590. The zero-order chi connectivity index (χ0) is 14.8. The smallest absolute Gasteiger partial charge is 0.267 e. The first-order valence-corrected chi connectivity index (χ1v) is 7.63. The fourth-order valence-electron chi connectivity index (χ4n) is 1.78. The first-order chi connectivity index (χ1) is 8.73. The number of rotatable bonds is 5. The van der Waals surface area contributed by atoms with E-state index in [0.717, 1.165) is 9.35 Å². The molecule has 0 atom stereocenters. The van der Waals surface area contributed by atoms with Crippen LogP contribution in [0, 0.1) is 12.3 Å². The molecule has 6 heteroatoms. The van der Waals surface area contributed by atoms with E-state index < -0.39 is 0 Å². The Morgan fingerprint density at radius 3 is 2.58 bits per heavy atom. The summed E-state index contributed by atoms with van der Waals surface area (Å²) in [5.74, 6) is 0.585. The lowest BCUT2D eigenvalue weighted by molar-refractivity contribution is 0.0742. The molecule has 108 valence electrons. The maximum Gasteiger partial charge on any atom is 0.267 e. The van der Waals surface area contributed by atoms with Gasteiger partial charge in [-0.15, -0.1) is 11.3 Å². The molecule has 1 amide bonds. The Balaban J connectivity index is 2.98. The van der Waals surface area contributed by atoms with Crippen molar-refractivity contribution in [2.75, 3.05) is 27.2 Å². The molecule has 1 rings (SSSR count). The standard InChI is InChI=1S/C13H21BrN2O2S/c1-8-9(14)10(18-5)11(19-8)12(17)16(4)7-13(2,3)6-15/h6-7,15H2,1-5H3. The normalized spacial score (nSPS) is 11.5. The van der Waals surface area contributed by atoms with Gasteiger partial charge in [0.25, 0.3) is 5.91 Å². The highest BCUT2D eigenvalue weighted by Gasteiger charge is 2.26. The minimum atomic E-state index is -0.0961. The largest absolute Gasteiger partial charge is 0.494 e. The molecule has 0 aliphatic rings. The number of carbonyl (C=O) groups excluding carboxylic acids is 1. The van der Waals surface area contributed by atoms with Crippen LogP contribution in [0.25, 0.3) is 0 Å². The molecule has 0 aromatic carbocycles. The molecule has 19 heavy (non-hydrogen) atoms. The summed E-state index contributed by atoms with van der Waals surface area (Å²) in [7, 11) is 3.37. The van der Waals surface area contributed by atoms with Crippen LogP contribution in [0.3, 0.4) is 0 Å². The SMILES string of the molecule is COc1c(C(=O)N(C)CC(C)(C)CN)sc(C)c1Br. The summed E-state index contributed by atoms with van der Waals surface area (Å²) in [6, 6.07) is 0. The van der Waals surface area contributed by atoms with E-state index in [2.05, 4.69) is 15.9 Å². The third kappa shape index (κ3) is 3.70. The molecule has 0 saturated heterocycles. The van der Waals surface area contributed by atoms with Crippen molar-refractivity contribution in [3.63, 3.8) is 0 Å². The Morgan fingerprint density at radius 2 is 2.11 bits per heavy atom. The number of nitrogens with zero attached hydrogens (tertiary/aromatic N) is 1. The van der Waals surface area contributed by atoms with Crippen LogP contribution in [0.2, 0.25) is 0 Å². The van der Waals surface area contributed by atoms with E-state index in [1.807, 2.05) is 20.8 Å². The van der Waals surface area contributed by atoms with Gasteiger partial charge in [-0.05, 0) is 34.8 Å². The molecule has 0 saturated carbocycles. The minimum Gasteiger partial charge on any atom is -0.494 e. The molecule has 0 unspecified atom stereocenters. The summed E-state index contributed by atoms with van der Waals surface area (Å²) in [6.07, 6.45) is 0. The molecule has 1 aromatic heterocycles. The molecule has 4 nitrogen and oxygen atoms in total. The van der Waals surface area contributed by atoms with Gasteiger partial charge in [0, 0.05) is 18.5 Å². The highest BCUT2D eigenvalue weighted by atomic mass is 79.9. The van der Waals surface area contributed by atoms with Gasteiger partial charge in [0.05, 0.1) is 11.6 Å². The third-order valence-electron chi connectivity index (χ3n) is 2.93. The van der Waals surface area contributed by atoms with Gasteiger partial charge in [0.2, 0.25) is 0 Å². The average Bonchev–Trinajstić information content (AvgIpc) is 2.63. The quantitative estimate of drug-likeness (QED) is 0.889. The maximum atomic E-state index is 12.5. The molecule has 0 spiro atoms. The van der Waals surface area contributed by atoms with Crippen LogP contribution < -0.4 is 10.5 Å². The fourth-order valence-corrected chi connectivity index (χ4v) is 3.52. The Morgan fingerprint density at radius 1 is 1.53 bits per heavy atom. The molecular weight excluding hydrogens is 328 g/mol. The number of ether oxygens (including phenoxy) is 1. The molecule has 0 aliphatic heterocycles. The van der Waals surface area contributed by atoms with E-state index in [4.69, 9.17) is 10.5 Å². The Labute approximate surface area is 127 Å². The van der Waals surface area contributed by atoms with Crippen molar-refractivity contribution in [1.29, 1.82) is 0 Å². The van der Waals surface area contributed by atoms with Crippen LogP contribution >= 0.6 is 27.3 Å². The van der Waals surface area contributed by atoms with Gasteiger partial charge in [-0.25, -0.2) is 0 Å². The van der Waals surface area contributed by atoms with Crippen molar-refractivity contribution in [2.45, 2.75) is 20.8 Å². The summed E-state index contributed by atoms with van der Waals surface area (Å²) in [5, 5.41) is 0. The molecule has 1 aromatic rings. The summed E-state index contributed by atoms with van der Waals surface area (Å²) >= 11 is 4.89. The number of hydrogen-bond acceptors (Lipinski definition) is 4. The number of hydrogen-bond donors (Lipinski definition) is 1. The number of amides is 1. The maximum absolute atomic E-state index is 12.5. The summed E-state index contributed by atoms with van der Waals surface area (Å²) in [6.45, 7) is 7.19. The Bertz CT molecular complexity index is 471. The van der Waals surface area contributed by atoms with Crippen molar-refractivity contribution < 1.29 is 9.53 Å². The Kier molecular flexibility index (Phi) is 5.41. The molecule has 0 fully saturated rings. The fraction of sp³-hybridized carbons (Fsp3) is 0.615. The van der Waals surface area contributed by atoms with E-state index in [1.54, 1.807) is 19.1 Å². The van der Waals surface area contributed by atoms with Crippen molar-refractivity contribution in [1.82, 2.24) is 4.90 Å². The van der Waals surface area contributed by atoms with Gasteiger partial charge in [-0.1, -0.05) is 13.8 Å². The van der Waals surface area contributed by atoms with Crippen LogP contribution in [0.5, 0.6) is 5.75 Å². The van der Waals surface area contributed by atoms with E-state index in [0.29, 0.717) is 23.7 Å². The number of methoxy groups -OCH3 is 1. The zero-order valence-corrected chi connectivity index (χ0v) is 14.4. The molecule has 1 heterocycles.